The van der Waals surface area contributed by atoms with Crippen LogP contribution in [0.1, 0.15) is 29.5 Å². The molecule has 0 saturated carbocycles. The predicted molar refractivity (Wildman–Crippen MR) is 135 cm³/mol. The molecule has 0 N–H and O–H groups in total. The molecule has 1 aliphatic heterocycles. The lowest BCUT2D eigenvalue weighted by molar-refractivity contribution is -0.132. The molecule has 1 amide bonds. The Balaban J connectivity index is 1.44. The van der Waals surface area contributed by atoms with E-state index >= 15 is 0 Å². The molecule has 0 radical (unpaired) electrons. The molecule has 1 saturated heterocycles. The Morgan fingerprint density at radius 3 is 2.06 bits per heavy atom. The van der Waals surface area contributed by atoms with Crippen LogP contribution in [0.2, 0.25) is 0 Å². The summed E-state index contributed by atoms with van der Waals surface area (Å²) in [7, 11) is -3.81. The van der Waals surface area contributed by atoms with Gasteiger partial charge in [0.25, 0.3) is 0 Å². The van der Waals surface area contributed by atoms with Crippen molar-refractivity contribution in [2.24, 2.45) is 5.92 Å². The van der Waals surface area contributed by atoms with Crippen molar-refractivity contribution in [2.75, 3.05) is 19.6 Å². The quantitative estimate of drug-likeness (QED) is 0.475. The lowest BCUT2D eigenvalue weighted by Gasteiger charge is -2.33. The van der Waals surface area contributed by atoms with Crippen molar-refractivity contribution in [1.82, 2.24) is 9.21 Å². The van der Waals surface area contributed by atoms with Gasteiger partial charge in [-0.05, 0) is 55.4 Å². The highest BCUT2D eigenvalue weighted by molar-refractivity contribution is 7.89. The minimum atomic E-state index is -3.81. The van der Waals surface area contributed by atoms with E-state index in [4.69, 9.17) is 0 Å². The van der Waals surface area contributed by atoms with Crippen LogP contribution >= 0.6 is 0 Å². The molecule has 3 aromatic carbocycles. The minimum absolute atomic E-state index is 0.134. The first-order chi connectivity index (χ1) is 16.4. The van der Waals surface area contributed by atoms with Crippen molar-refractivity contribution >= 4 is 15.9 Å². The van der Waals surface area contributed by atoms with Crippen LogP contribution in [0, 0.1) is 12.8 Å². The monoisotopic (exact) mass is 476 g/mol. The molecule has 4 rings (SSSR count). The van der Waals surface area contributed by atoms with Gasteiger partial charge in [-0.3, -0.25) is 4.79 Å². The average Bonchev–Trinajstić information content (AvgIpc) is 2.86. The molecule has 0 bridgehead atoms. The van der Waals surface area contributed by atoms with Gasteiger partial charge in [-0.25, -0.2) is 8.42 Å². The minimum Gasteiger partial charge on any atom is -0.342 e. The fourth-order valence-corrected chi connectivity index (χ4v) is 5.85. The molecule has 1 heterocycles. The Bertz CT molecular complexity index is 1170. The maximum atomic E-state index is 13.4. The zero-order chi connectivity index (χ0) is 24.0. The van der Waals surface area contributed by atoms with E-state index in [1.165, 1.54) is 9.87 Å². The summed E-state index contributed by atoms with van der Waals surface area (Å²) in [6, 6.07) is 26.6. The molecule has 0 atom stereocenters. The Kier molecular flexibility index (Phi) is 7.80. The number of nitrogens with zero attached hydrogens (tertiary/aromatic N) is 2. The van der Waals surface area contributed by atoms with E-state index in [2.05, 4.69) is 24.3 Å². The Labute approximate surface area is 203 Å². The van der Waals surface area contributed by atoms with E-state index in [0.29, 0.717) is 19.0 Å². The van der Waals surface area contributed by atoms with Crippen LogP contribution in [-0.2, 0) is 27.8 Å². The number of hydrogen-bond donors (Lipinski definition) is 0. The molecule has 5 nitrogen and oxygen atoms in total. The van der Waals surface area contributed by atoms with Crippen molar-refractivity contribution in [3.63, 3.8) is 0 Å². The van der Waals surface area contributed by atoms with E-state index in [-0.39, 0.29) is 23.9 Å². The van der Waals surface area contributed by atoms with Crippen molar-refractivity contribution in [3.8, 4) is 0 Å². The third kappa shape index (κ3) is 6.13. The van der Waals surface area contributed by atoms with E-state index in [9.17, 15) is 13.2 Å². The predicted octanol–water partition coefficient (Wildman–Crippen LogP) is 4.67. The Morgan fingerprint density at radius 1 is 0.853 bits per heavy atom. The molecule has 1 aliphatic rings. The van der Waals surface area contributed by atoms with Crippen LogP contribution in [-0.4, -0.2) is 43.2 Å². The van der Waals surface area contributed by atoms with E-state index < -0.39 is 10.0 Å². The van der Waals surface area contributed by atoms with Crippen molar-refractivity contribution in [2.45, 2.75) is 37.6 Å². The van der Waals surface area contributed by atoms with E-state index in [0.717, 1.165) is 30.4 Å². The molecular weight excluding hydrogens is 444 g/mol. The van der Waals surface area contributed by atoms with Gasteiger partial charge in [0.05, 0.1) is 11.4 Å². The number of rotatable bonds is 8. The van der Waals surface area contributed by atoms with Gasteiger partial charge in [0, 0.05) is 19.6 Å². The number of carbonyl (C=O) groups is 1. The highest BCUT2D eigenvalue weighted by atomic mass is 32.2. The summed E-state index contributed by atoms with van der Waals surface area (Å²) in [5.41, 5.74) is 3.29. The summed E-state index contributed by atoms with van der Waals surface area (Å²) in [5.74, 6) is 0.410. The number of amides is 1. The molecule has 178 valence electrons. The molecule has 3 aromatic rings. The normalized spacial score (nSPS) is 14.9. The molecule has 0 spiro atoms. The second kappa shape index (κ2) is 11.0. The molecule has 34 heavy (non-hydrogen) atoms. The molecule has 0 aliphatic carbocycles. The average molecular weight is 477 g/mol. The lowest BCUT2D eigenvalue weighted by Crippen LogP contribution is -2.45. The van der Waals surface area contributed by atoms with Crippen LogP contribution < -0.4 is 0 Å². The third-order valence-corrected chi connectivity index (χ3v) is 8.31. The zero-order valence-electron chi connectivity index (χ0n) is 19.6. The Hall–Kier alpha value is -2.96. The van der Waals surface area contributed by atoms with E-state index in [1.807, 2.05) is 42.2 Å². The number of benzene rings is 3. The van der Waals surface area contributed by atoms with Gasteiger partial charge in [-0.1, -0.05) is 78.4 Å². The van der Waals surface area contributed by atoms with Gasteiger partial charge >= 0.3 is 0 Å². The number of likely N-dealkylation sites (tertiary alicyclic amines) is 1. The second-order valence-corrected chi connectivity index (χ2v) is 11.0. The largest absolute Gasteiger partial charge is 0.342 e. The van der Waals surface area contributed by atoms with Gasteiger partial charge in [-0.15, -0.1) is 0 Å². The first-order valence-corrected chi connectivity index (χ1v) is 13.3. The van der Waals surface area contributed by atoms with Crippen molar-refractivity contribution in [1.29, 1.82) is 0 Å². The first-order valence-electron chi connectivity index (χ1n) is 11.8. The van der Waals surface area contributed by atoms with Crippen molar-refractivity contribution < 1.29 is 13.2 Å². The van der Waals surface area contributed by atoms with Gasteiger partial charge in [0.15, 0.2) is 0 Å². The fourth-order valence-electron chi connectivity index (χ4n) is 4.45. The summed E-state index contributed by atoms with van der Waals surface area (Å²) in [6.45, 7) is 3.33. The maximum Gasteiger partial charge on any atom is 0.243 e. The SMILES string of the molecule is Cc1ccc(CN(CC(=O)N2CCC(Cc3ccccc3)CC2)S(=O)(=O)c2ccccc2)cc1. The fraction of sp³-hybridized carbons (Fsp3) is 0.321. The molecule has 0 unspecified atom stereocenters. The highest BCUT2D eigenvalue weighted by Crippen LogP contribution is 2.23. The summed E-state index contributed by atoms with van der Waals surface area (Å²) < 4.78 is 28.2. The van der Waals surface area contributed by atoms with Crippen LogP contribution in [0.4, 0.5) is 0 Å². The smallest absolute Gasteiger partial charge is 0.243 e. The van der Waals surface area contributed by atoms with Gasteiger partial charge in [0.2, 0.25) is 15.9 Å². The van der Waals surface area contributed by atoms with E-state index in [1.54, 1.807) is 30.3 Å². The summed E-state index contributed by atoms with van der Waals surface area (Å²) in [6.07, 6.45) is 2.89. The summed E-state index contributed by atoms with van der Waals surface area (Å²) in [5, 5.41) is 0. The topological polar surface area (TPSA) is 57.7 Å². The van der Waals surface area contributed by atoms with Crippen LogP contribution in [0.15, 0.2) is 89.8 Å². The summed E-state index contributed by atoms with van der Waals surface area (Å²) >= 11 is 0. The van der Waals surface area contributed by atoms with Gasteiger partial charge < -0.3 is 4.90 Å². The third-order valence-electron chi connectivity index (χ3n) is 6.51. The van der Waals surface area contributed by atoms with Crippen molar-refractivity contribution in [3.05, 3.63) is 102 Å². The van der Waals surface area contributed by atoms with Crippen LogP contribution in [0.3, 0.4) is 0 Å². The lowest BCUT2D eigenvalue weighted by atomic mass is 9.90. The number of carbonyl (C=O) groups excluding carboxylic acids is 1. The zero-order valence-corrected chi connectivity index (χ0v) is 20.5. The standard InChI is InChI=1S/C28H32N2O3S/c1-23-12-14-26(15-13-23)21-30(34(32,33)27-10-6-3-7-11-27)22-28(31)29-18-16-25(17-19-29)20-24-8-4-2-5-9-24/h2-15,25H,16-22H2,1H3. The van der Waals surface area contributed by atoms with Gasteiger partial charge in [-0.2, -0.15) is 4.31 Å². The molecule has 6 heteroatoms. The number of aryl methyl sites for hydroxylation is 1. The Morgan fingerprint density at radius 2 is 1.44 bits per heavy atom. The molecule has 0 aromatic heterocycles. The first kappa shape index (κ1) is 24.2. The van der Waals surface area contributed by atoms with Gasteiger partial charge in [0.1, 0.15) is 0 Å². The number of hydrogen-bond acceptors (Lipinski definition) is 3. The maximum absolute atomic E-state index is 13.4. The number of sulfonamides is 1. The molecule has 1 fully saturated rings. The highest BCUT2D eigenvalue weighted by Gasteiger charge is 2.30. The number of piperidine rings is 1. The second-order valence-electron chi connectivity index (χ2n) is 9.09. The van der Waals surface area contributed by atoms with Crippen LogP contribution in [0.25, 0.3) is 0 Å². The molecular formula is C28H32N2O3S. The summed E-state index contributed by atoms with van der Waals surface area (Å²) in [4.78, 5) is 15.2. The van der Waals surface area contributed by atoms with Crippen LogP contribution in [0.5, 0.6) is 0 Å².